The molecule has 0 radical (unpaired) electrons. The number of aromatic nitrogens is 1. The first-order chi connectivity index (χ1) is 13.4. The Morgan fingerprint density at radius 2 is 1.96 bits per heavy atom. The molecule has 0 aliphatic carbocycles. The van der Waals surface area contributed by atoms with Gasteiger partial charge in [-0.25, -0.2) is 4.79 Å². The van der Waals surface area contributed by atoms with Crippen LogP contribution in [0.25, 0.3) is 5.57 Å². The number of nitrogens with one attached hydrogen (secondary N) is 2. The fourth-order valence-corrected chi connectivity index (χ4v) is 3.03. The Balaban J connectivity index is 2.32. The van der Waals surface area contributed by atoms with E-state index in [-0.39, 0.29) is 22.9 Å². The fourth-order valence-electron chi connectivity index (χ4n) is 3.03. The summed E-state index contributed by atoms with van der Waals surface area (Å²) in [5, 5.41) is 27.3. The summed E-state index contributed by atoms with van der Waals surface area (Å²) < 4.78 is 5.40. The monoisotopic (exact) mass is 382 g/mol. The Kier molecular flexibility index (Phi) is 5.25. The minimum Gasteiger partial charge on any atom is -0.481 e. The molecule has 0 fully saturated rings. The van der Waals surface area contributed by atoms with Crippen molar-refractivity contribution >= 4 is 17.2 Å². The van der Waals surface area contributed by atoms with E-state index in [1.54, 1.807) is 48.8 Å². The van der Waals surface area contributed by atoms with Crippen molar-refractivity contribution in [2.45, 2.75) is 13.0 Å². The van der Waals surface area contributed by atoms with Crippen LogP contribution in [0.3, 0.4) is 0 Å². The number of hydrogen-bond donors (Lipinski definition) is 3. The SMILES string of the molecule is COC1=C(Nc2ccncc2)C(=C(C)[N+](=O)[O-])c2ccccc2C(C(=O)O)N1. The maximum Gasteiger partial charge on any atom is 0.330 e. The second-order valence-electron chi connectivity index (χ2n) is 5.99. The van der Waals surface area contributed by atoms with E-state index < -0.39 is 16.9 Å². The second-order valence-corrected chi connectivity index (χ2v) is 5.99. The van der Waals surface area contributed by atoms with Crippen LogP contribution in [0.1, 0.15) is 24.1 Å². The molecule has 0 saturated heterocycles. The Hall–Kier alpha value is -3.88. The van der Waals surface area contributed by atoms with E-state index in [2.05, 4.69) is 15.6 Å². The molecule has 3 rings (SSSR count). The van der Waals surface area contributed by atoms with E-state index in [9.17, 15) is 20.0 Å². The molecule has 1 atom stereocenters. The molecule has 0 spiro atoms. The minimum atomic E-state index is -1.14. The third-order valence-electron chi connectivity index (χ3n) is 4.33. The van der Waals surface area contributed by atoms with Crippen molar-refractivity contribution in [1.29, 1.82) is 0 Å². The summed E-state index contributed by atoms with van der Waals surface area (Å²) in [6, 6.07) is 8.89. The number of anilines is 1. The van der Waals surface area contributed by atoms with Crippen LogP contribution < -0.4 is 10.6 Å². The van der Waals surface area contributed by atoms with Gasteiger partial charge in [-0.1, -0.05) is 24.3 Å². The number of rotatable bonds is 5. The van der Waals surface area contributed by atoms with Crippen LogP contribution in [0.4, 0.5) is 5.69 Å². The first-order valence-electron chi connectivity index (χ1n) is 8.33. The number of fused-ring (bicyclic) bond motifs is 1. The molecule has 3 N–H and O–H groups in total. The Morgan fingerprint density at radius 1 is 1.29 bits per heavy atom. The predicted octanol–water partition coefficient (Wildman–Crippen LogP) is 2.75. The number of aliphatic carboxylic acids is 1. The van der Waals surface area contributed by atoms with Crippen LogP contribution in [0.5, 0.6) is 0 Å². The number of carbonyl (C=O) groups is 1. The number of ether oxygens (including phenoxy) is 1. The zero-order valence-corrected chi connectivity index (χ0v) is 15.2. The summed E-state index contributed by atoms with van der Waals surface area (Å²) in [4.78, 5) is 27.0. The Morgan fingerprint density at radius 3 is 2.57 bits per heavy atom. The van der Waals surface area contributed by atoms with Crippen molar-refractivity contribution in [2.75, 3.05) is 12.4 Å². The standard InChI is InChI=1S/C19H18N4O5/c1-11(23(26)27)15-13-5-3-4-6-14(13)16(19(24)25)22-18(28-2)17(15)21-12-7-9-20-10-8-12/h3-10,16,22H,1-2H3,(H,20,21)(H,24,25). The van der Waals surface area contributed by atoms with Crippen molar-refractivity contribution in [2.24, 2.45) is 0 Å². The van der Waals surface area contributed by atoms with Gasteiger partial charge in [-0.3, -0.25) is 15.1 Å². The van der Waals surface area contributed by atoms with Gasteiger partial charge in [-0.15, -0.1) is 0 Å². The highest BCUT2D eigenvalue weighted by atomic mass is 16.6. The second kappa shape index (κ2) is 7.78. The lowest BCUT2D eigenvalue weighted by Crippen LogP contribution is -2.29. The highest BCUT2D eigenvalue weighted by Gasteiger charge is 2.34. The average Bonchev–Trinajstić information content (AvgIpc) is 2.82. The fraction of sp³-hybridized carbons (Fsp3) is 0.158. The Bertz CT molecular complexity index is 985. The molecular formula is C19H18N4O5. The van der Waals surface area contributed by atoms with Gasteiger partial charge < -0.3 is 20.5 Å². The van der Waals surface area contributed by atoms with E-state index in [1.807, 2.05) is 0 Å². The smallest absolute Gasteiger partial charge is 0.330 e. The number of pyridine rings is 1. The number of carboxylic acid groups (broad SMARTS) is 1. The summed E-state index contributed by atoms with van der Waals surface area (Å²) in [6.45, 7) is 1.37. The normalized spacial score (nSPS) is 17.7. The molecule has 1 unspecified atom stereocenters. The lowest BCUT2D eigenvalue weighted by molar-refractivity contribution is -0.423. The minimum absolute atomic E-state index is 0.0802. The van der Waals surface area contributed by atoms with Crippen molar-refractivity contribution in [3.05, 3.63) is 87.3 Å². The number of nitro groups is 1. The van der Waals surface area contributed by atoms with Gasteiger partial charge in [0.25, 0.3) is 5.70 Å². The molecule has 0 amide bonds. The van der Waals surface area contributed by atoms with Crippen LogP contribution in [0.2, 0.25) is 0 Å². The molecule has 1 aromatic carbocycles. The molecule has 144 valence electrons. The molecule has 9 heteroatoms. The van der Waals surface area contributed by atoms with Gasteiger partial charge in [0.15, 0.2) is 6.04 Å². The lowest BCUT2D eigenvalue weighted by atomic mass is 9.93. The molecule has 28 heavy (non-hydrogen) atoms. The van der Waals surface area contributed by atoms with Crippen LogP contribution >= 0.6 is 0 Å². The van der Waals surface area contributed by atoms with Crippen LogP contribution in [-0.2, 0) is 9.53 Å². The van der Waals surface area contributed by atoms with Gasteiger partial charge in [-0.2, -0.15) is 0 Å². The first-order valence-corrected chi connectivity index (χ1v) is 8.33. The quantitative estimate of drug-likeness (QED) is 0.532. The van der Waals surface area contributed by atoms with Crippen molar-refractivity contribution < 1.29 is 19.6 Å². The molecule has 0 bridgehead atoms. The third-order valence-corrected chi connectivity index (χ3v) is 4.33. The number of nitrogens with zero attached hydrogens (tertiary/aromatic N) is 2. The molecule has 2 heterocycles. The highest BCUT2D eigenvalue weighted by Crippen LogP contribution is 2.37. The maximum atomic E-state index is 11.9. The van der Waals surface area contributed by atoms with Crippen LogP contribution in [0, 0.1) is 10.1 Å². The molecule has 0 saturated carbocycles. The van der Waals surface area contributed by atoms with Crippen LogP contribution in [0.15, 0.2) is 66.1 Å². The molecule has 9 nitrogen and oxygen atoms in total. The maximum absolute atomic E-state index is 11.9. The van der Waals surface area contributed by atoms with E-state index in [4.69, 9.17) is 4.74 Å². The molecule has 1 aromatic heterocycles. The van der Waals surface area contributed by atoms with Crippen molar-refractivity contribution in [3.63, 3.8) is 0 Å². The summed E-state index contributed by atoms with van der Waals surface area (Å²) in [7, 11) is 1.37. The van der Waals surface area contributed by atoms with E-state index in [0.29, 0.717) is 16.8 Å². The average molecular weight is 382 g/mol. The molecule has 2 aromatic rings. The van der Waals surface area contributed by atoms with Gasteiger partial charge in [0, 0.05) is 25.0 Å². The van der Waals surface area contributed by atoms with Gasteiger partial charge in [0.2, 0.25) is 5.88 Å². The van der Waals surface area contributed by atoms with E-state index in [0.717, 1.165) is 0 Å². The first kappa shape index (κ1) is 18.9. The number of methoxy groups -OCH3 is 1. The van der Waals surface area contributed by atoms with E-state index >= 15 is 0 Å². The molecule has 1 aliphatic rings. The highest BCUT2D eigenvalue weighted by molar-refractivity contribution is 5.89. The summed E-state index contributed by atoms with van der Waals surface area (Å²) >= 11 is 0. The van der Waals surface area contributed by atoms with Gasteiger partial charge in [-0.05, 0) is 23.3 Å². The van der Waals surface area contributed by atoms with Crippen molar-refractivity contribution in [3.8, 4) is 0 Å². The summed E-state index contributed by atoms with van der Waals surface area (Å²) in [5.74, 6) is -1.05. The largest absolute Gasteiger partial charge is 0.481 e. The van der Waals surface area contributed by atoms with Gasteiger partial charge in [0.05, 0.1) is 17.6 Å². The third kappa shape index (κ3) is 3.50. The zero-order valence-electron chi connectivity index (χ0n) is 15.2. The van der Waals surface area contributed by atoms with Crippen molar-refractivity contribution in [1.82, 2.24) is 10.3 Å². The Labute approximate surface area is 160 Å². The van der Waals surface area contributed by atoms with Crippen LogP contribution in [-0.4, -0.2) is 28.1 Å². The number of allylic oxidation sites excluding steroid dienone is 2. The number of carboxylic acids is 1. The molecule has 1 aliphatic heterocycles. The van der Waals surface area contributed by atoms with Gasteiger partial charge >= 0.3 is 5.97 Å². The summed E-state index contributed by atoms with van der Waals surface area (Å²) in [6.07, 6.45) is 3.13. The zero-order chi connectivity index (χ0) is 20.3. The van der Waals surface area contributed by atoms with E-state index in [1.165, 1.54) is 14.0 Å². The predicted molar refractivity (Wildman–Crippen MR) is 101 cm³/mol. The number of benzene rings is 1. The van der Waals surface area contributed by atoms with Gasteiger partial charge in [0.1, 0.15) is 5.70 Å². The summed E-state index contributed by atoms with van der Waals surface area (Å²) in [5.41, 5.74) is 1.80. The topological polar surface area (TPSA) is 127 Å². The molecular weight excluding hydrogens is 364 g/mol. The lowest BCUT2D eigenvalue weighted by Gasteiger charge is -2.18. The number of hydrogen-bond acceptors (Lipinski definition) is 7.